The highest BCUT2D eigenvalue weighted by molar-refractivity contribution is 6.31. The zero-order chi connectivity index (χ0) is 15.8. The van der Waals surface area contributed by atoms with Crippen LogP contribution in [0.1, 0.15) is 5.56 Å². The fourth-order valence-corrected chi connectivity index (χ4v) is 3.19. The summed E-state index contributed by atoms with van der Waals surface area (Å²) in [5, 5.41) is 1.65. The molecule has 23 heavy (non-hydrogen) atoms. The van der Waals surface area contributed by atoms with Gasteiger partial charge < -0.3 is 9.72 Å². The Balaban J connectivity index is 1.67. The lowest BCUT2D eigenvalue weighted by Gasteiger charge is -2.19. The molecule has 4 rings (SSSR count). The second kappa shape index (κ2) is 5.63. The fourth-order valence-electron chi connectivity index (χ4n) is 3.01. The fraction of sp³-hybridized carbons (Fsp3) is 0.167. The number of nitrogens with zero attached hydrogens (tertiary/aromatic N) is 1. The average molecular weight is 327 g/mol. The number of carbonyl (C=O) groups is 1. The zero-order valence-corrected chi connectivity index (χ0v) is 13.1. The first kappa shape index (κ1) is 14.2. The molecule has 0 radical (unpaired) electrons. The molecule has 5 heteroatoms. The Kier molecular flexibility index (Phi) is 3.46. The van der Waals surface area contributed by atoms with Crippen LogP contribution in [0.15, 0.2) is 54.6 Å². The topological polar surface area (TPSA) is 45.3 Å². The highest BCUT2D eigenvalue weighted by Gasteiger charge is 2.35. The van der Waals surface area contributed by atoms with E-state index >= 15 is 0 Å². The van der Waals surface area contributed by atoms with Crippen LogP contribution in [0.2, 0.25) is 5.02 Å². The van der Waals surface area contributed by atoms with E-state index in [9.17, 15) is 4.79 Å². The van der Waals surface area contributed by atoms with Crippen LogP contribution in [0.25, 0.3) is 10.9 Å². The molecule has 0 aliphatic carbocycles. The van der Waals surface area contributed by atoms with Crippen molar-refractivity contribution in [3.05, 3.63) is 65.2 Å². The Bertz CT molecular complexity index is 860. The Hall–Kier alpha value is -2.46. The minimum atomic E-state index is -0.316. The molecule has 0 spiro atoms. The number of cyclic esters (lactones) is 1. The molecule has 1 atom stereocenters. The van der Waals surface area contributed by atoms with Gasteiger partial charge in [0, 0.05) is 15.9 Å². The second-order valence-electron chi connectivity index (χ2n) is 5.68. The second-order valence-corrected chi connectivity index (χ2v) is 6.11. The molecule has 4 nitrogen and oxygen atoms in total. The molecule has 0 saturated carbocycles. The van der Waals surface area contributed by atoms with Gasteiger partial charge >= 0.3 is 6.09 Å². The molecular weight excluding hydrogens is 312 g/mol. The van der Waals surface area contributed by atoms with Gasteiger partial charge in [0.2, 0.25) is 0 Å². The van der Waals surface area contributed by atoms with Gasteiger partial charge in [0.15, 0.2) is 0 Å². The lowest BCUT2D eigenvalue weighted by molar-refractivity contribution is 0.178. The molecule has 0 bridgehead atoms. The maximum Gasteiger partial charge on any atom is 0.415 e. The van der Waals surface area contributed by atoms with Gasteiger partial charge in [-0.3, -0.25) is 4.90 Å². The Morgan fingerprint density at radius 2 is 2.00 bits per heavy atom. The standard InChI is InChI=1S/C18H15ClN2O2/c19-14-6-7-16-13(9-14)10-17(20-16)21-15(11-23-18(21)22)8-12-4-2-1-3-5-12/h1-7,9-10,15,20H,8,11H2/t15-/m0/s1. The van der Waals surface area contributed by atoms with Crippen LogP contribution >= 0.6 is 11.6 Å². The minimum Gasteiger partial charge on any atom is -0.447 e. The number of benzene rings is 2. The first-order valence-corrected chi connectivity index (χ1v) is 7.87. The van der Waals surface area contributed by atoms with E-state index in [0.717, 1.165) is 23.1 Å². The summed E-state index contributed by atoms with van der Waals surface area (Å²) in [6, 6.07) is 17.6. The molecule has 1 fully saturated rings. The number of nitrogens with one attached hydrogen (secondary N) is 1. The van der Waals surface area contributed by atoms with Crippen molar-refractivity contribution in [3.8, 4) is 0 Å². The minimum absolute atomic E-state index is 0.0200. The van der Waals surface area contributed by atoms with Crippen molar-refractivity contribution in [2.24, 2.45) is 0 Å². The Labute approximate surface area is 138 Å². The molecule has 0 unspecified atom stereocenters. The number of rotatable bonds is 3. The van der Waals surface area contributed by atoms with E-state index in [2.05, 4.69) is 17.1 Å². The number of anilines is 1. The van der Waals surface area contributed by atoms with E-state index < -0.39 is 0 Å². The predicted molar refractivity (Wildman–Crippen MR) is 91.1 cm³/mol. The molecule has 1 aliphatic heterocycles. The average Bonchev–Trinajstić information content (AvgIpc) is 3.11. The van der Waals surface area contributed by atoms with E-state index in [1.54, 1.807) is 4.90 Å². The van der Waals surface area contributed by atoms with Gasteiger partial charge in [-0.05, 0) is 36.2 Å². The van der Waals surface area contributed by atoms with Gasteiger partial charge in [-0.2, -0.15) is 0 Å². The summed E-state index contributed by atoms with van der Waals surface area (Å²) in [4.78, 5) is 17.1. The highest BCUT2D eigenvalue weighted by atomic mass is 35.5. The Morgan fingerprint density at radius 3 is 2.83 bits per heavy atom. The lowest BCUT2D eigenvalue weighted by atomic mass is 10.1. The molecule has 1 amide bonds. The van der Waals surface area contributed by atoms with Gasteiger partial charge in [0.1, 0.15) is 12.4 Å². The molecular formula is C18H15ClN2O2. The molecule has 1 aromatic heterocycles. The van der Waals surface area contributed by atoms with Gasteiger partial charge in [0.25, 0.3) is 0 Å². The Morgan fingerprint density at radius 1 is 1.17 bits per heavy atom. The quantitative estimate of drug-likeness (QED) is 0.776. The molecule has 3 aromatic rings. The normalized spacial score (nSPS) is 17.7. The summed E-state index contributed by atoms with van der Waals surface area (Å²) in [6.45, 7) is 0.393. The van der Waals surface area contributed by atoms with Crippen LogP contribution in [0, 0.1) is 0 Å². The van der Waals surface area contributed by atoms with Gasteiger partial charge in [-0.1, -0.05) is 41.9 Å². The number of hydrogen-bond acceptors (Lipinski definition) is 2. The van der Waals surface area contributed by atoms with Gasteiger partial charge in [-0.25, -0.2) is 4.79 Å². The number of carbonyl (C=O) groups excluding carboxylic acids is 1. The van der Waals surface area contributed by atoms with E-state index in [0.29, 0.717) is 11.6 Å². The number of hydrogen-bond donors (Lipinski definition) is 1. The molecule has 2 aromatic carbocycles. The van der Waals surface area contributed by atoms with Crippen molar-refractivity contribution in [1.82, 2.24) is 4.98 Å². The lowest BCUT2D eigenvalue weighted by Crippen LogP contribution is -2.35. The summed E-state index contributed by atoms with van der Waals surface area (Å²) >= 11 is 6.03. The number of aromatic nitrogens is 1. The largest absolute Gasteiger partial charge is 0.447 e. The molecule has 1 N–H and O–H groups in total. The van der Waals surface area contributed by atoms with Gasteiger partial charge in [-0.15, -0.1) is 0 Å². The van der Waals surface area contributed by atoms with E-state index in [4.69, 9.17) is 16.3 Å². The first-order chi connectivity index (χ1) is 11.2. The third-order valence-electron chi connectivity index (χ3n) is 4.10. The monoisotopic (exact) mass is 326 g/mol. The van der Waals surface area contributed by atoms with Crippen molar-refractivity contribution in [2.45, 2.75) is 12.5 Å². The van der Waals surface area contributed by atoms with Crippen LogP contribution in [0.5, 0.6) is 0 Å². The first-order valence-electron chi connectivity index (χ1n) is 7.49. The molecule has 1 aliphatic rings. The summed E-state index contributed by atoms with van der Waals surface area (Å²) < 4.78 is 5.27. The maximum atomic E-state index is 12.2. The summed E-state index contributed by atoms with van der Waals surface area (Å²) in [5.41, 5.74) is 2.13. The van der Waals surface area contributed by atoms with E-state index in [-0.39, 0.29) is 12.1 Å². The van der Waals surface area contributed by atoms with Crippen molar-refractivity contribution in [1.29, 1.82) is 0 Å². The highest BCUT2D eigenvalue weighted by Crippen LogP contribution is 2.29. The summed E-state index contributed by atoms with van der Waals surface area (Å²) in [7, 11) is 0. The van der Waals surface area contributed by atoms with E-state index in [1.807, 2.05) is 42.5 Å². The van der Waals surface area contributed by atoms with Crippen LogP contribution in [0.3, 0.4) is 0 Å². The number of halogens is 1. The third-order valence-corrected chi connectivity index (χ3v) is 4.34. The van der Waals surface area contributed by atoms with Crippen LogP contribution < -0.4 is 4.90 Å². The molecule has 1 saturated heterocycles. The van der Waals surface area contributed by atoms with Crippen LogP contribution in [-0.2, 0) is 11.2 Å². The number of ether oxygens (including phenoxy) is 1. The third kappa shape index (κ3) is 2.66. The van der Waals surface area contributed by atoms with Crippen LogP contribution in [0.4, 0.5) is 10.6 Å². The SMILES string of the molecule is O=C1OC[C@H](Cc2ccccc2)N1c1cc2cc(Cl)ccc2[nH]1. The number of H-pyrrole nitrogens is 1. The van der Waals surface area contributed by atoms with E-state index in [1.165, 1.54) is 5.56 Å². The number of aromatic amines is 1. The van der Waals surface area contributed by atoms with Crippen molar-refractivity contribution in [3.63, 3.8) is 0 Å². The molecule has 116 valence electrons. The smallest absolute Gasteiger partial charge is 0.415 e. The van der Waals surface area contributed by atoms with Gasteiger partial charge in [0.05, 0.1) is 6.04 Å². The molecule has 2 heterocycles. The summed E-state index contributed by atoms with van der Waals surface area (Å²) in [6.07, 6.45) is 0.437. The number of fused-ring (bicyclic) bond motifs is 1. The van der Waals surface area contributed by atoms with Crippen molar-refractivity contribution >= 4 is 34.4 Å². The zero-order valence-electron chi connectivity index (χ0n) is 12.3. The number of amides is 1. The van der Waals surface area contributed by atoms with Crippen molar-refractivity contribution in [2.75, 3.05) is 11.5 Å². The predicted octanol–water partition coefficient (Wildman–Crippen LogP) is 4.39. The maximum absolute atomic E-state index is 12.2. The summed E-state index contributed by atoms with van der Waals surface area (Å²) in [5.74, 6) is 0.741. The van der Waals surface area contributed by atoms with Crippen LogP contribution in [-0.4, -0.2) is 23.7 Å². The van der Waals surface area contributed by atoms with Crippen molar-refractivity contribution < 1.29 is 9.53 Å².